The van der Waals surface area contributed by atoms with Gasteiger partial charge in [0.1, 0.15) is 16.5 Å². The lowest BCUT2D eigenvalue weighted by Gasteiger charge is -2.13. The molecule has 10 nitrogen and oxygen atoms in total. The first-order chi connectivity index (χ1) is 17.0. The highest BCUT2D eigenvalue weighted by atomic mass is 79.9. The molecule has 0 atom stereocenters. The number of non-ortho nitro benzene ring substituents is 1. The van der Waals surface area contributed by atoms with Gasteiger partial charge in [0.2, 0.25) is 0 Å². The minimum atomic E-state index is -4.46. The molecular weight excluding hydrogens is 554 g/mol. The number of aryl methyl sites for hydroxylation is 1. The number of benzene rings is 3. The lowest BCUT2D eigenvalue weighted by Crippen LogP contribution is -2.13. The molecule has 1 N–H and O–H groups in total. The number of nitrogens with one attached hydrogen (secondary N) is 1. The molecule has 0 aliphatic rings. The summed E-state index contributed by atoms with van der Waals surface area (Å²) in [6, 6.07) is 16.1. The van der Waals surface area contributed by atoms with Gasteiger partial charge >= 0.3 is 10.1 Å². The van der Waals surface area contributed by atoms with Crippen molar-refractivity contribution in [3.63, 3.8) is 0 Å². The van der Waals surface area contributed by atoms with E-state index in [9.17, 15) is 28.6 Å². The number of methoxy groups -OCH3 is 1. The van der Waals surface area contributed by atoms with Crippen LogP contribution in [0.2, 0.25) is 0 Å². The minimum absolute atomic E-state index is 0.0270. The molecule has 0 aliphatic carbocycles. The Morgan fingerprint density at radius 1 is 1.17 bits per heavy atom. The van der Waals surface area contributed by atoms with E-state index in [1.165, 1.54) is 31.4 Å². The highest BCUT2D eigenvalue weighted by molar-refractivity contribution is 9.10. The molecule has 0 saturated heterocycles. The summed E-state index contributed by atoms with van der Waals surface area (Å²) in [5.41, 5.74) is 1.24. The second-order valence-electron chi connectivity index (χ2n) is 7.32. The van der Waals surface area contributed by atoms with E-state index in [0.29, 0.717) is 11.3 Å². The van der Waals surface area contributed by atoms with Crippen molar-refractivity contribution in [1.82, 2.24) is 0 Å². The molecular formula is C24H18BrN3O7S. The second kappa shape index (κ2) is 11.0. The molecule has 0 radical (unpaired) electrons. The van der Waals surface area contributed by atoms with Gasteiger partial charge in [-0.15, -0.1) is 0 Å². The van der Waals surface area contributed by atoms with E-state index in [1.807, 2.05) is 25.1 Å². The average Bonchev–Trinajstić information content (AvgIpc) is 2.85. The number of halogens is 1. The number of nitro groups is 1. The maximum absolute atomic E-state index is 12.8. The predicted molar refractivity (Wildman–Crippen MR) is 135 cm³/mol. The van der Waals surface area contributed by atoms with Crippen LogP contribution in [0.5, 0.6) is 11.5 Å². The summed E-state index contributed by atoms with van der Waals surface area (Å²) in [5.74, 6) is -0.880. The van der Waals surface area contributed by atoms with E-state index in [2.05, 4.69) is 21.2 Å². The maximum atomic E-state index is 12.8. The Balaban J connectivity index is 1.92. The molecule has 0 heterocycles. The predicted octanol–water partition coefficient (Wildman–Crippen LogP) is 4.99. The highest BCUT2D eigenvalue weighted by Crippen LogP contribution is 2.39. The number of hydrogen-bond acceptors (Lipinski definition) is 8. The summed E-state index contributed by atoms with van der Waals surface area (Å²) in [5, 5.41) is 23.1. The van der Waals surface area contributed by atoms with Gasteiger partial charge in [-0.2, -0.15) is 13.7 Å². The van der Waals surface area contributed by atoms with Crippen LogP contribution in [0.25, 0.3) is 6.08 Å². The minimum Gasteiger partial charge on any atom is -0.493 e. The number of ether oxygens (including phenoxy) is 1. The van der Waals surface area contributed by atoms with Gasteiger partial charge in [-0.3, -0.25) is 14.9 Å². The van der Waals surface area contributed by atoms with Gasteiger partial charge in [0.25, 0.3) is 11.6 Å². The molecule has 0 unspecified atom stereocenters. The molecule has 0 saturated carbocycles. The average molecular weight is 572 g/mol. The van der Waals surface area contributed by atoms with Crippen LogP contribution in [-0.4, -0.2) is 26.4 Å². The third-order valence-corrected chi connectivity index (χ3v) is 6.55. The van der Waals surface area contributed by atoms with Crippen molar-refractivity contribution in [2.45, 2.75) is 11.8 Å². The zero-order chi connectivity index (χ0) is 26.5. The first-order valence-electron chi connectivity index (χ1n) is 10.1. The third-order valence-electron chi connectivity index (χ3n) is 4.75. The normalized spacial score (nSPS) is 11.3. The molecule has 36 heavy (non-hydrogen) atoms. The number of anilines is 1. The summed E-state index contributed by atoms with van der Waals surface area (Å²) in [6.07, 6.45) is 1.30. The Morgan fingerprint density at radius 2 is 1.86 bits per heavy atom. The molecule has 0 spiro atoms. The van der Waals surface area contributed by atoms with Crippen molar-refractivity contribution in [1.29, 1.82) is 5.26 Å². The van der Waals surface area contributed by atoms with Crippen LogP contribution in [0.1, 0.15) is 11.1 Å². The van der Waals surface area contributed by atoms with Gasteiger partial charge in [0.05, 0.1) is 16.5 Å². The molecule has 0 aromatic heterocycles. The van der Waals surface area contributed by atoms with Crippen molar-refractivity contribution in [3.05, 3.63) is 92.0 Å². The van der Waals surface area contributed by atoms with Crippen LogP contribution >= 0.6 is 15.9 Å². The van der Waals surface area contributed by atoms with Crippen LogP contribution in [0.3, 0.4) is 0 Å². The fourth-order valence-electron chi connectivity index (χ4n) is 2.96. The number of nitriles is 1. The SMILES string of the molecule is COc1cc(/C=C(/C#N)C(=O)Nc2ccc(C)cc2)cc(Br)c1OS(=O)(=O)c1cccc([N+](=O)[O-])c1. The quantitative estimate of drug-likeness (QED) is 0.131. The Kier molecular flexibility index (Phi) is 8.08. The summed E-state index contributed by atoms with van der Waals surface area (Å²) in [4.78, 5) is 22.4. The van der Waals surface area contributed by atoms with Crippen molar-refractivity contribution >= 4 is 49.4 Å². The lowest BCUT2D eigenvalue weighted by atomic mass is 10.1. The van der Waals surface area contributed by atoms with Crippen LogP contribution < -0.4 is 14.2 Å². The summed E-state index contributed by atoms with van der Waals surface area (Å²) in [6.45, 7) is 1.90. The molecule has 1 amide bonds. The number of nitro benzene ring substituents is 1. The number of hydrogen-bond donors (Lipinski definition) is 1. The summed E-state index contributed by atoms with van der Waals surface area (Å²) in [7, 11) is -3.19. The zero-order valence-electron chi connectivity index (χ0n) is 18.9. The van der Waals surface area contributed by atoms with E-state index in [-0.39, 0.29) is 21.5 Å². The fourth-order valence-corrected chi connectivity index (χ4v) is 4.61. The van der Waals surface area contributed by atoms with Crippen molar-refractivity contribution in [2.75, 3.05) is 12.4 Å². The van der Waals surface area contributed by atoms with Gasteiger partial charge in [-0.1, -0.05) is 23.8 Å². The van der Waals surface area contributed by atoms with E-state index >= 15 is 0 Å². The number of rotatable bonds is 8. The van der Waals surface area contributed by atoms with E-state index in [0.717, 1.165) is 23.8 Å². The Labute approximate surface area is 215 Å². The zero-order valence-corrected chi connectivity index (χ0v) is 21.3. The van der Waals surface area contributed by atoms with Crippen molar-refractivity contribution < 1.29 is 27.1 Å². The third kappa shape index (κ3) is 6.26. The Bertz CT molecular complexity index is 1510. The number of nitrogens with zero attached hydrogens (tertiary/aromatic N) is 2. The van der Waals surface area contributed by atoms with Gasteiger partial charge in [0, 0.05) is 17.8 Å². The summed E-state index contributed by atoms with van der Waals surface area (Å²) >= 11 is 3.22. The second-order valence-corrected chi connectivity index (χ2v) is 9.72. The van der Waals surface area contributed by atoms with Crippen LogP contribution in [0.15, 0.2) is 75.6 Å². The topological polar surface area (TPSA) is 149 Å². The van der Waals surface area contributed by atoms with Gasteiger partial charge in [0.15, 0.2) is 11.5 Å². The van der Waals surface area contributed by atoms with E-state index in [1.54, 1.807) is 12.1 Å². The van der Waals surface area contributed by atoms with E-state index in [4.69, 9.17) is 8.92 Å². The number of amides is 1. The van der Waals surface area contributed by atoms with Crippen molar-refractivity contribution in [2.24, 2.45) is 0 Å². The van der Waals surface area contributed by atoms with Gasteiger partial charge in [-0.05, 0) is 64.8 Å². The molecule has 3 rings (SSSR count). The molecule has 12 heteroatoms. The monoisotopic (exact) mass is 571 g/mol. The Morgan fingerprint density at radius 3 is 2.47 bits per heavy atom. The van der Waals surface area contributed by atoms with Crippen LogP contribution in [0.4, 0.5) is 11.4 Å². The van der Waals surface area contributed by atoms with Crippen LogP contribution in [-0.2, 0) is 14.9 Å². The Hall–Kier alpha value is -4.21. The first kappa shape index (κ1) is 26.4. The van der Waals surface area contributed by atoms with Gasteiger partial charge in [-0.25, -0.2) is 0 Å². The van der Waals surface area contributed by atoms with Gasteiger partial charge < -0.3 is 14.2 Å². The molecule has 184 valence electrons. The first-order valence-corrected chi connectivity index (χ1v) is 12.3. The summed E-state index contributed by atoms with van der Waals surface area (Å²) < 4.78 is 36.1. The number of carbonyl (C=O) groups excluding carboxylic acids is 1. The molecule has 0 bridgehead atoms. The maximum Gasteiger partial charge on any atom is 0.339 e. The molecule has 0 aliphatic heterocycles. The molecule has 3 aromatic rings. The highest BCUT2D eigenvalue weighted by Gasteiger charge is 2.24. The smallest absolute Gasteiger partial charge is 0.339 e. The number of carbonyl (C=O) groups is 1. The molecule has 0 fully saturated rings. The van der Waals surface area contributed by atoms with E-state index < -0.39 is 31.5 Å². The lowest BCUT2D eigenvalue weighted by molar-refractivity contribution is -0.385. The fraction of sp³-hybridized carbons (Fsp3) is 0.0833. The van der Waals surface area contributed by atoms with Crippen molar-refractivity contribution in [3.8, 4) is 17.6 Å². The van der Waals surface area contributed by atoms with Crippen LogP contribution in [0, 0.1) is 28.4 Å². The molecule has 3 aromatic carbocycles. The standard InChI is InChI=1S/C24H18BrN3O7S/c1-15-6-8-18(9-7-15)27-24(29)17(14-26)10-16-11-21(25)23(22(12-16)34-2)35-36(32,33)20-5-3-4-19(13-20)28(30)31/h3-13H,1-2H3,(H,27,29)/b17-10-. The largest absolute Gasteiger partial charge is 0.493 e.